The highest BCUT2D eigenvalue weighted by Crippen LogP contribution is 2.35. The summed E-state index contributed by atoms with van der Waals surface area (Å²) < 4.78 is 17.1. The second-order valence-corrected chi connectivity index (χ2v) is 5.12. The predicted molar refractivity (Wildman–Crippen MR) is 69.4 cm³/mol. The van der Waals surface area contributed by atoms with Crippen molar-refractivity contribution in [1.29, 1.82) is 0 Å². The molecule has 1 aromatic rings. The van der Waals surface area contributed by atoms with Gasteiger partial charge >= 0.3 is 0 Å². The van der Waals surface area contributed by atoms with E-state index >= 15 is 0 Å². The SMILES string of the molecule is CC(C)Oc1cnc(OC(C)C)c(OC2CC2)c1. The molecular weight excluding hydrogens is 230 g/mol. The summed E-state index contributed by atoms with van der Waals surface area (Å²) in [5.74, 6) is 1.95. The maximum atomic E-state index is 5.81. The number of hydrogen-bond acceptors (Lipinski definition) is 4. The Hall–Kier alpha value is -1.45. The third-order valence-electron chi connectivity index (χ3n) is 2.33. The smallest absolute Gasteiger partial charge is 0.257 e. The van der Waals surface area contributed by atoms with Gasteiger partial charge in [0, 0.05) is 6.07 Å². The van der Waals surface area contributed by atoms with Gasteiger partial charge in [0.15, 0.2) is 5.75 Å². The minimum atomic E-state index is 0.0796. The van der Waals surface area contributed by atoms with Crippen molar-refractivity contribution < 1.29 is 14.2 Å². The maximum Gasteiger partial charge on any atom is 0.257 e. The lowest BCUT2D eigenvalue weighted by Crippen LogP contribution is -2.11. The van der Waals surface area contributed by atoms with Crippen molar-refractivity contribution in [2.45, 2.75) is 58.8 Å². The average molecular weight is 251 g/mol. The Morgan fingerprint density at radius 3 is 2.33 bits per heavy atom. The summed E-state index contributed by atoms with van der Waals surface area (Å²) in [4.78, 5) is 4.28. The molecule has 1 aliphatic carbocycles. The molecule has 4 nitrogen and oxygen atoms in total. The van der Waals surface area contributed by atoms with Gasteiger partial charge < -0.3 is 14.2 Å². The first-order valence-corrected chi connectivity index (χ1v) is 6.54. The fourth-order valence-electron chi connectivity index (χ4n) is 1.51. The standard InChI is InChI=1S/C14H21NO3/c1-9(2)16-12-7-13(18-11-5-6-11)14(15-8-12)17-10(3)4/h7-11H,5-6H2,1-4H3. The van der Waals surface area contributed by atoms with Crippen molar-refractivity contribution in [3.05, 3.63) is 12.3 Å². The van der Waals surface area contributed by atoms with Crippen LogP contribution in [0.3, 0.4) is 0 Å². The van der Waals surface area contributed by atoms with E-state index in [2.05, 4.69) is 4.98 Å². The molecule has 0 N–H and O–H groups in total. The van der Waals surface area contributed by atoms with E-state index in [4.69, 9.17) is 14.2 Å². The zero-order chi connectivity index (χ0) is 13.1. The van der Waals surface area contributed by atoms with Gasteiger partial charge in [0.2, 0.25) is 0 Å². The molecule has 0 aliphatic heterocycles. The van der Waals surface area contributed by atoms with Gasteiger partial charge in [-0.05, 0) is 40.5 Å². The van der Waals surface area contributed by atoms with E-state index in [9.17, 15) is 0 Å². The minimum Gasteiger partial charge on any atom is -0.489 e. The third-order valence-corrected chi connectivity index (χ3v) is 2.33. The van der Waals surface area contributed by atoms with Crippen molar-refractivity contribution in [2.24, 2.45) is 0 Å². The molecule has 0 spiro atoms. The Kier molecular flexibility index (Phi) is 3.94. The van der Waals surface area contributed by atoms with E-state index in [1.54, 1.807) is 6.20 Å². The number of rotatable bonds is 6. The van der Waals surface area contributed by atoms with E-state index in [0.29, 0.717) is 17.7 Å². The first-order chi connectivity index (χ1) is 8.54. The van der Waals surface area contributed by atoms with Gasteiger partial charge in [-0.25, -0.2) is 4.98 Å². The summed E-state index contributed by atoms with van der Waals surface area (Å²) in [6, 6.07) is 1.86. The van der Waals surface area contributed by atoms with Crippen LogP contribution in [0.15, 0.2) is 12.3 Å². The molecule has 0 unspecified atom stereocenters. The second-order valence-electron chi connectivity index (χ2n) is 5.12. The normalized spacial score (nSPS) is 15.0. The van der Waals surface area contributed by atoms with E-state index < -0.39 is 0 Å². The molecule has 2 rings (SSSR count). The number of pyridine rings is 1. The summed E-state index contributed by atoms with van der Waals surface area (Å²) in [6.07, 6.45) is 4.41. The highest BCUT2D eigenvalue weighted by molar-refractivity contribution is 5.39. The monoisotopic (exact) mass is 251 g/mol. The van der Waals surface area contributed by atoms with E-state index in [-0.39, 0.29) is 12.2 Å². The molecular formula is C14H21NO3. The van der Waals surface area contributed by atoms with Gasteiger partial charge in [-0.1, -0.05) is 0 Å². The van der Waals surface area contributed by atoms with Crippen LogP contribution in [-0.2, 0) is 0 Å². The number of ether oxygens (including phenoxy) is 3. The molecule has 0 atom stereocenters. The van der Waals surface area contributed by atoms with Gasteiger partial charge in [-0.15, -0.1) is 0 Å². The molecule has 1 fully saturated rings. The van der Waals surface area contributed by atoms with E-state index in [0.717, 1.165) is 18.6 Å². The van der Waals surface area contributed by atoms with Crippen LogP contribution in [0.25, 0.3) is 0 Å². The zero-order valence-corrected chi connectivity index (χ0v) is 11.5. The molecule has 18 heavy (non-hydrogen) atoms. The summed E-state index contributed by atoms with van der Waals surface area (Å²) in [5, 5.41) is 0. The Labute approximate surface area is 108 Å². The molecule has 0 bridgehead atoms. The van der Waals surface area contributed by atoms with Crippen LogP contribution in [0.1, 0.15) is 40.5 Å². The first-order valence-electron chi connectivity index (χ1n) is 6.54. The molecule has 1 heterocycles. The highest BCUT2D eigenvalue weighted by atomic mass is 16.5. The predicted octanol–water partition coefficient (Wildman–Crippen LogP) is 3.20. The first kappa shape index (κ1) is 13.0. The van der Waals surface area contributed by atoms with Crippen LogP contribution in [0.2, 0.25) is 0 Å². The summed E-state index contributed by atoms with van der Waals surface area (Å²) in [7, 11) is 0. The molecule has 1 aromatic heterocycles. The average Bonchev–Trinajstić information content (AvgIpc) is 3.04. The second kappa shape index (κ2) is 5.46. The third kappa shape index (κ3) is 3.79. The fraction of sp³-hybridized carbons (Fsp3) is 0.643. The van der Waals surface area contributed by atoms with Crippen LogP contribution in [0.4, 0.5) is 0 Å². The lowest BCUT2D eigenvalue weighted by atomic mass is 10.4. The van der Waals surface area contributed by atoms with Crippen molar-refractivity contribution >= 4 is 0 Å². The van der Waals surface area contributed by atoms with Crippen LogP contribution >= 0.6 is 0 Å². The van der Waals surface area contributed by atoms with Gasteiger partial charge in [-0.3, -0.25) is 0 Å². The Morgan fingerprint density at radius 2 is 1.78 bits per heavy atom. The molecule has 0 radical (unpaired) electrons. The lowest BCUT2D eigenvalue weighted by Gasteiger charge is -2.16. The minimum absolute atomic E-state index is 0.0796. The van der Waals surface area contributed by atoms with Gasteiger partial charge in [0.25, 0.3) is 5.88 Å². The van der Waals surface area contributed by atoms with Crippen molar-refractivity contribution in [3.63, 3.8) is 0 Å². The molecule has 1 aliphatic rings. The summed E-state index contributed by atoms with van der Waals surface area (Å²) in [6.45, 7) is 7.92. The summed E-state index contributed by atoms with van der Waals surface area (Å²) >= 11 is 0. The quantitative estimate of drug-likeness (QED) is 0.778. The van der Waals surface area contributed by atoms with E-state index in [1.807, 2.05) is 33.8 Å². The highest BCUT2D eigenvalue weighted by Gasteiger charge is 2.26. The zero-order valence-electron chi connectivity index (χ0n) is 11.5. The Balaban J connectivity index is 2.16. The van der Waals surface area contributed by atoms with Gasteiger partial charge in [0.05, 0.1) is 24.5 Å². The molecule has 0 aromatic carbocycles. The molecule has 0 amide bonds. The van der Waals surface area contributed by atoms with Crippen molar-refractivity contribution in [2.75, 3.05) is 0 Å². The topological polar surface area (TPSA) is 40.6 Å². The molecule has 4 heteroatoms. The number of nitrogens with zero attached hydrogens (tertiary/aromatic N) is 1. The van der Waals surface area contributed by atoms with Crippen molar-refractivity contribution in [1.82, 2.24) is 4.98 Å². The maximum absolute atomic E-state index is 5.81. The van der Waals surface area contributed by atoms with Crippen molar-refractivity contribution in [3.8, 4) is 17.4 Å². The summed E-state index contributed by atoms with van der Waals surface area (Å²) in [5.41, 5.74) is 0. The van der Waals surface area contributed by atoms with Crippen LogP contribution < -0.4 is 14.2 Å². The Bertz CT molecular complexity index is 400. The Morgan fingerprint density at radius 1 is 1.11 bits per heavy atom. The van der Waals surface area contributed by atoms with Crippen LogP contribution in [0.5, 0.6) is 17.4 Å². The molecule has 1 saturated carbocycles. The van der Waals surface area contributed by atoms with Crippen LogP contribution in [0, 0.1) is 0 Å². The van der Waals surface area contributed by atoms with E-state index in [1.165, 1.54) is 0 Å². The molecule has 100 valence electrons. The fourth-order valence-corrected chi connectivity index (χ4v) is 1.51. The van der Waals surface area contributed by atoms with Gasteiger partial charge in [0.1, 0.15) is 5.75 Å². The number of hydrogen-bond donors (Lipinski definition) is 0. The molecule has 0 saturated heterocycles. The van der Waals surface area contributed by atoms with Crippen LogP contribution in [-0.4, -0.2) is 23.3 Å². The number of aromatic nitrogens is 1. The lowest BCUT2D eigenvalue weighted by molar-refractivity contribution is 0.203. The van der Waals surface area contributed by atoms with Gasteiger partial charge in [-0.2, -0.15) is 0 Å². The largest absolute Gasteiger partial charge is 0.489 e.